The Morgan fingerprint density at radius 3 is 2.71 bits per heavy atom. The molecule has 0 saturated carbocycles. The van der Waals surface area contributed by atoms with Gasteiger partial charge in [-0.15, -0.1) is 16.4 Å². The smallest absolute Gasteiger partial charge is 0.251 e. The molecule has 4 aromatic rings. The van der Waals surface area contributed by atoms with Gasteiger partial charge in [-0.3, -0.25) is 9.59 Å². The molecule has 2 aromatic carbocycles. The van der Waals surface area contributed by atoms with Gasteiger partial charge in [0.25, 0.3) is 5.91 Å². The van der Waals surface area contributed by atoms with Crippen LogP contribution in [0.4, 0.5) is 11.5 Å². The van der Waals surface area contributed by atoms with Crippen LogP contribution >= 0.6 is 11.3 Å². The van der Waals surface area contributed by atoms with Gasteiger partial charge in [-0.1, -0.05) is 23.4 Å². The van der Waals surface area contributed by atoms with Crippen LogP contribution in [0.5, 0.6) is 0 Å². The molecule has 0 atom stereocenters. The summed E-state index contributed by atoms with van der Waals surface area (Å²) in [5.41, 5.74) is 21.2. The summed E-state index contributed by atoms with van der Waals surface area (Å²) in [5.74, 6) is 0.249. The van der Waals surface area contributed by atoms with Crippen molar-refractivity contribution in [2.24, 2.45) is 21.8 Å². The van der Waals surface area contributed by atoms with E-state index in [0.717, 1.165) is 15.5 Å². The van der Waals surface area contributed by atoms with E-state index >= 15 is 0 Å². The Bertz CT molecular complexity index is 1520. The lowest BCUT2D eigenvalue weighted by molar-refractivity contribution is -0.112. The molecule has 4 rings (SSSR count). The van der Waals surface area contributed by atoms with Gasteiger partial charge in [0.15, 0.2) is 11.6 Å². The molecule has 2 heterocycles. The highest BCUT2D eigenvalue weighted by molar-refractivity contribution is 7.18. The fraction of sp³-hybridized carbons (Fsp3) is 0.0833. The predicted octanol–water partition coefficient (Wildman–Crippen LogP) is 4.01. The molecule has 0 fully saturated rings. The monoisotopic (exact) mass is 486 g/mol. The zero-order valence-corrected chi connectivity index (χ0v) is 19.5. The lowest BCUT2D eigenvalue weighted by Gasteiger charge is -2.11. The van der Waals surface area contributed by atoms with Gasteiger partial charge in [-0.25, -0.2) is 4.98 Å². The van der Waals surface area contributed by atoms with E-state index in [9.17, 15) is 9.59 Å². The summed E-state index contributed by atoms with van der Waals surface area (Å²) in [6.45, 7) is 1.46. The molecule has 7 N–H and O–H groups in total. The van der Waals surface area contributed by atoms with Gasteiger partial charge in [0.05, 0.1) is 12.1 Å². The molecular weight excluding hydrogens is 464 g/mol. The Hall–Kier alpha value is -4.64. The number of ketones is 1. The number of rotatable bonds is 8. The molecule has 2 aromatic heterocycles. The third-order valence-corrected chi connectivity index (χ3v) is 6.03. The van der Waals surface area contributed by atoms with E-state index in [1.165, 1.54) is 13.0 Å². The molecule has 0 bridgehead atoms. The number of nitrogens with one attached hydrogen (secondary N) is 3. The molecule has 35 heavy (non-hydrogen) atoms. The van der Waals surface area contributed by atoms with Crippen LogP contribution < -0.4 is 22.1 Å². The van der Waals surface area contributed by atoms with E-state index in [0.29, 0.717) is 28.1 Å². The molecule has 0 radical (unpaired) electrons. The van der Waals surface area contributed by atoms with Crippen LogP contribution in [0.1, 0.15) is 22.8 Å². The summed E-state index contributed by atoms with van der Waals surface area (Å²) >= 11 is 1.59. The number of amides is 1. The van der Waals surface area contributed by atoms with E-state index < -0.39 is 0 Å². The first kappa shape index (κ1) is 23.5. The minimum atomic E-state index is -0.320. The number of pyridine rings is 1. The summed E-state index contributed by atoms with van der Waals surface area (Å²) in [5, 5.41) is 16.5. The number of aromatic nitrogens is 1. The molecule has 176 valence electrons. The van der Waals surface area contributed by atoms with Crippen LogP contribution in [-0.2, 0) is 4.79 Å². The van der Waals surface area contributed by atoms with Crippen LogP contribution in [0.15, 0.2) is 76.0 Å². The molecule has 0 aliphatic heterocycles. The maximum Gasteiger partial charge on any atom is 0.251 e. The van der Waals surface area contributed by atoms with E-state index in [-0.39, 0.29) is 29.8 Å². The maximum absolute atomic E-state index is 12.6. The van der Waals surface area contributed by atoms with Crippen LogP contribution in [0, 0.1) is 5.53 Å². The number of anilines is 2. The average molecular weight is 487 g/mol. The first-order chi connectivity index (χ1) is 16.9. The van der Waals surface area contributed by atoms with Crippen LogP contribution in [-0.4, -0.2) is 29.1 Å². The average Bonchev–Trinajstić information content (AvgIpc) is 3.33. The van der Waals surface area contributed by atoms with E-state index in [1.54, 1.807) is 35.6 Å². The number of carbonyl (C=O) groups is 2. The second kappa shape index (κ2) is 10.1. The Balaban J connectivity index is 1.64. The number of thiophene rings is 1. The number of nitrogens with zero attached hydrogens (tertiary/aromatic N) is 3. The Kier molecular flexibility index (Phi) is 6.78. The first-order valence-electron chi connectivity index (χ1n) is 10.5. The number of allylic oxidation sites excluding steroid dienone is 1. The quantitative estimate of drug-likeness (QED) is 0.0827. The lowest BCUT2D eigenvalue weighted by atomic mass is 10.1. The van der Waals surface area contributed by atoms with E-state index in [2.05, 4.69) is 21.0 Å². The fourth-order valence-corrected chi connectivity index (χ4v) is 4.47. The Morgan fingerprint density at radius 2 is 1.94 bits per heavy atom. The molecule has 0 unspecified atom stereocenters. The van der Waals surface area contributed by atoms with E-state index in [4.69, 9.17) is 22.0 Å². The highest BCUT2D eigenvalue weighted by atomic mass is 32.1. The van der Waals surface area contributed by atoms with Crippen LogP contribution in [0.25, 0.3) is 21.0 Å². The second-order valence-corrected chi connectivity index (χ2v) is 8.58. The predicted molar refractivity (Wildman–Crippen MR) is 138 cm³/mol. The zero-order chi connectivity index (χ0) is 24.9. The molecular formula is C24H22N8O2S. The molecule has 0 spiro atoms. The second-order valence-electron chi connectivity index (χ2n) is 7.66. The van der Waals surface area contributed by atoms with Crippen molar-refractivity contribution in [2.45, 2.75) is 6.92 Å². The number of amidine groups is 1. The molecule has 0 saturated heterocycles. The van der Waals surface area contributed by atoms with Gasteiger partial charge in [0.1, 0.15) is 5.82 Å². The van der Waals surface area contributed by atoms with Crippen LogP contribution in [0.2, 0.25) is 0 Å². The van der Waals surface area contributed by atoms with Crippen molar-refractivity contribution in [1.29, 1.82) is 5.53 Å². The molecule has 0 aliphatic rings. The summed E-state index contributed by atoms with van der Waals surface area (Å²) < 4.78 is 1.05. The molecule has 10 nitrogen and oxygen atoms in total. The fourth-order valence-electron chi connectivity index (χ4n) is 3.54. The summed E-state index contributed by atoms with van der Waals surface area (Å²) in [4.78, 5) is 28.5. The number of carbonyl (C=O) groups excluding carboxylic acids is 2. The molecule has 0 aliphatic carbocycles. The van der Waals surface area contributed by atoms with Gasteiger partial charge in [-0.2, -0.15) is 5.53 Å². The van der Waals surface area contributed by atoms with Crippen molar-refractivity contribution < 1.29 is 9.59 Å². The van der Waals surface area contributed by atoms with E-state index in [1.807, 2.05) is 29.6 Å². The number of benzene rings is 2. The largest absolute Gasteiger partial charge is 0.400 e. The van der Waals surface area contributed by atoms with Crippen molar-refractivity contribution in [1.82, 2.24) is 10.3 Å². The number of fused-ring (bicyclic) bond motifs is 3. The Labute approximate surface area is 204 Å². The topological polar surface area (TPSA) is 172 Å². The highest BCUT2D eigenvalue weighted by Crippen LogP contribution is 2.35. The lowest BCUT2D eigenvalue weighted by Crippen LogP contribution is -2.28. The first-order valence-corrected chi connectivity index (χ1v) is 11.4. The number of nitrogens with two attached hydrogens (primary N) is 2. The standard InChI is InChI=1S/C24H22N8O2S/c1-13(33)9-16(25)12-28-24(34)15-3-2-4-17(10-15)29-23-19-7-8-35-21(19)18-6-5-14(11-20(18)30-23)22(26)31-32-27/h2-11H,12,25H2,1H3,(H,28,34)(H,29,30)(H3,26,27,31)/b16-9-. The number of hydrogen-bond donors (Lipinski definition) is 5. The number of hydrogen-bond acceptors (Lipinski definition) is 8. The van der Waals surface area contributed by atoms with Crippen molar-refractivity contribution in [3.8, 4) is 0 Å². The Morgan fingerprint density at radius 1 is 1.11 bits per heavy atom. The highest BCUT2D eigenvalue weighted by Gasteiger charge is 2.13. The minimum absolute atomic E-state index is 0.0695. The SMILES string of the molecule is CC(=O)/C=C(\N)CNC(=O)c1cccc(Nc2nc3cc(/C(N)=N/N=N)ccc3c3sccc23)c1. The summed E-state index contributed by atoms with van der Waals surface area (Å²) in [6, 6.07) is 14.5. The van der Waals surface area contributed by atoms with Crippen molar-refractivity contribution in [3.63, 3.8) is 0 Å². The van der Waals surface area contributed by atoms with Gasteiger partial charge in [-0.05, 0) is 42.6 Å². The maximum atomic E-state index is 12.6. The minimum Gasteiger partial charge on any atom is -0.400 e. The summed E-state index contributed by atoms with van der Waals surface area (Å²) in [6.07, 6.45) is 1.28. The molecule has 1 amide bonds. The zero-order valence-electron chi connectivity index (χ0n) is 18.7. The van der Waals surface area contributed by atoms with Crippen LogP contribution in [0.3, 0.4) is 0 Å². The van der Waals surface area contributed by atoms with Crippen molar-refractivity contribution in [2.75, 3.05) is 11.9 Å². The molecule has 11 heteroatoms. The van der Waals surface area contributed by atoms with Gasteiger partial charge in [0.2, 0.25) is 0 Å². The third kappa shape index (κ3) is 5.31. The van der Waals surface area contributed by atoms with Gasteiger partial charge < -0.3 is 22.1 Å². The van der Waals surface area contributed by atoms with Crippen molar-refractivity contribution in [3.05, 3.63) is 76.8 Å². The third-order valence-electron chi connectivity index (χ3n) is 5.08. The van der Waals surface area contributed by atoms with Crippen molar-refractivity contribution >= 4 is 61.4 Å². The van der Waals surface area contributed by atoms with Gasteiger partial charge in [0, 0.05) is 44.1 Å². The van der Waals surface area contributed by atoms with Gasteiger partial charge >= 0.3 is 0 Å². The summed E-state index contributed by atoms with van der Waals surface area (Å²) in [7, 11) is 0. The normalized spacial score (nSPS) is 12.0.